The summed E-state index contributed by atoms with van der Waals surface area (Å²) in [5, 5.41) is 0.950. The second-order valence-corrected chi connectivity index (χ2v) is 8.40. The summed E-state index contributed by atoms with van der Waals surface area (Å²) in [4.78, 5) is 19.5. The first kappa shape index (κ1) is 20.6. The van der Waals surface area contributed by atoms with Gasteiger partial charge in [0.2, 0.25) is 5.91 Å². The number of hydrogen-bond donors (Lipinski definition) is 0. The van der Waals surface area contributed by atoms with Crippen LogP contribution >= 0.6 is 11.8 Å². The number of nitrogens with zero attached hydrogens (tertiary/aromatic N) is 3. The van der Waals surface area contributed by atoms with Crippen molar-refractivity contribution in [3.8, 4) is 0 Å². The van der Waals surface area contributed by atoms with Gasteiger partial charge < -0.3 is 9.47 Å². The number of amides is 1. The van der Waals surface area contributed by atoms with Gasteiger partial charge in [-0.15, -0.1) is 0 Å². The van der Waals surface area contributed by atoms with Crippen LogP contribution in [0.4, 0.5) is 0 Å². The molecule has 5 heteroatoms. The zero-order valence-corrected chi connectivity index (χ0v) is 17.6. The average molecular weight is 374 g/mol. The summed E-state index contributed by atoms with van der Waals surface area (Å²) in [5.74, 6) is 1.12. The van der Waals surface area contributed by atoms with Crippen molar-refractivity contribution in [1.29, 1.82) is 0 Å². The Morgan fingerprint density at radius 3 is 2.38 bits per heavy atom. The predicted octanol–water partition coefficient (Wildman–Crippen LogP) is 4.69. The Labute approximate surface area is 162 Å². The zero-order valence-electron chi connectivity index (χ0n) is 16.8. The molecule has 0 aliphatic rings. The van der Waals surface area contributed by atoms with E-state index < -0.39 is 0 Å². The highest BCUT2D eigenvalue weighted by molar-refractivity contribution is 7.99. The molecule has 2 aromatic rings. The summed E-state index contributed by atoms with van der Waals surface area (Å²) in [5.41, 5.74) is 3.40. The summed E-state index contributed by atoms with van der Waals surface area (Å²) in [6, 6.07) is 10.3. The number of thioether (sulfide) groups is 1. The Bertz CT molecular complexity index is 722. The number of carbonyl (C=O) groups excluding carboxylic acids is 1. The van der Waals surface area contributed by atoms with E-state index in [1.165, 1.54) is 5.69 Å². The normalized spacial score (nSPS) is 11.4. The van der Waals surface area contributed by atoms with Crippen LogP contribution in [0.5, 0.6) is 0 Å². The molecule has 4 nitrogen and oxygen atoms in total. The molecule has 0 unspecified atom stereocenters. The fourth-order valence-corrected chi connectivity index (χ4v) is 3.85. The number of rotatable bonds is 8. The Kier molecular flexibility index (Phi) is 7.33. The standard InChI is InChI=1S/C21H31N3OS/c1-15(2)12-24-18(6)17(5)22-21(24)26-14-20(25)23(16(3)4)13-19-10-8-7-9-11-19/h7-11,15-16H,12-14H2,1-6H3. The van der Waals surface area contributed by atoms with Gasteiger partial charge in [-0.25, -0.2) is 4.98 Å². The second kappa shape index (κ2) is 9.26. The van der Waals surface area contributed by atoms with Crippen LogP contribution < -0.4 is 0 Å². The summed E-state index contributed by atoms with van der Waals surface area (Å²) in [6.07, 6.45) is 0. The highest BCUT2D eigenvalue weighted by Gasteiger charge is 2.20. The Morgan fingerprint density at radius 1 is 1.15 bits per heavy atom. The van der Waals surface area contributed by atoms with Gasteiger partial charge in [-0.3, -0.25) is 4.79 Å². The van der Waals surface area contributed by atoms with Crippen LogP contribution in [-0.4, -0.2) is 32.2 Å². The van der Waals surface area contributed by atoms with Crippen molar-refractivity contribution < 1.29 is 4.79 Å². The van der Waals surface area contributed by atoms with E-state index in [1.807, 2.05) is 30.0 Å². The first-order valence-electron chi connectivity index (χ1n) is 9.29. The van der Waals surface area contributed by atoms with Crippen molar-refractivity contribution in [2.24, 2.45) is 5.92 Å². The number of carbonyl (C=O) groups is 1. The first-order chi connectivity index (χ1) is 12.3. The summed E-state index contributed by atoms with van der Waals surface area (Å²) in [7, 11) is 0. The molecule has 0 saturated carbocycles. The van der Waals surface area contributed by atoms with Crippen LogP contribution in [0.3, 0.4) is 0 Å². The quantitative estimate of drug-likeness (QED) is 0.630. The summed E-state index contributed by atoms with van der Waals surface area (Å²) >= 11 is 1.55. The van der Waals surface area contributed by atoms with E-state index in [9.17, 15) is 4.79 Å². The molecule has 0 spiro atoms. The molecule has 1 aromatic carbocycles. The van der Waals surface area contributed by atoms with Crippen LogP contribution in [0.1, 0.15) is 44.6 Å². The van der Waals surface area contributed by atoms with Crippen LogP contribution in [0, 0.1) is 19.8 Å². The molecule has 0 fully saturated rings. The molecule has 0 aliphatic carbocycles. The van der Waals surface area contributed by atoms with Crippen LogP contribution in [0.15, 0.2) is 35.5 Å². The average Bonchev–Trinajstić information content (AvgIpc) is 2.85. The SMILES string of the molecule is Cc1nc(SCC(=O)N(Cc2ccccc2)C(C)C)n(CC(C)C)c1C. The van der Waals surface area contributed by atoms with Crippen molar-refractivity contribution in [2.75, 3.05) is 5.75 Å². The fraction of sp³-hybridized carbons (Fsp3) is 0.524. The van der Waals surface area contributed by atoms with Crippen molar-refractivity contribution in [1.82, 2.24) is 14.5 Å². The van der Waals surface area contributed by atoms with Gasteiger partial charge in [-0.1, -0.05) is 55.9 Å². The number of aromatic nitrogens is 2. The van der Waals surface area contributed by atoms with Gasteiger partial charge in [0.05, 0.1) is 11.4 Å². The van der Waals surface area contributed by atoms with Gasteiger partial charge in [-0.2, -0.15) is 0 Å². The third-order valence-electron chi connectivity index (χ3n) is 4.43. The molecule has 0 atom stereocenters. The van der Waals surface area contributed by atoms with Crippen LogP contribution in [0.2, 0.25) is 0 Å². The lowest BCUT2D eigenvalue weighted by atomic mass is 10.2. The van der Waals surface area contributed by atoms with Gasteiger partial charge in [0.15, 0.2) is 5.16 Å². The lowest BCUT2D eigenvalue weighted by molar-refractivity contribution is -0.130. The molecule has 0 bridgehead atoms. The fourth-order valence-electron chi connectivity index (χ4n) is 2.86. The van der Waals surface area contributed by atoms with Crippen molar-refractivity contribution in [3.05, 3.63) is 47.3 Å². The lowest BCUT2D eigenvalue weighted by Crippen LogP contribution is -2.37. The van der Waals surface area contributed by atoms with E-state index in [0.717, 1.165) is 23.0 Å². The lowest BCUT2D eigenvalue weighted by Gasteiger charge is -2.27. The first-order valence-corrected chi connectivity index (χ1v) is 10.3. The minimum atomic E-state index is 0.156. The zero-order chi connectivity index (χ0) is 19.3. The molecule has 142 valence electrons. The van der Waals surface area contributed by atoms with E-state index in [1.54, 1.807) is 11.8 Å². The highest BCUT2D eigenvalue weighted by Crippen LogP contribution is 2.23. The van der Waals surface area contributed by atoms with Gasteiger partial charge in [-0.05, 0) is 39.2 Å². The molecular weight excluding hydrogens is 342 g/mol. The highest BCUT2D eigenvalue weighted by atomic mass is 32.2. The Morgan fingerprint density at radius 2 is 1.81 bits per heavy atom. The maximum absolute atomic E-state index is 12.9. The number of aryl methyl sites for hydroxylation is 1. The molecule has 1 aromatic heterocycles. The molecule has 0 N–H and O–H groups in total. The van der Waals surface area contributed by atoms with Crippen LogP contribution in [0.25, 0.3) is 0 Å². The van der Waals surface area contributed by atoms with Crippen molar-refractivity contribution in [3.63, 3.8) is 0 Å². The van der Waals surface area contributed by atoms with Gasteiger partial charge >= 0.3 is 0 Å². The third-order valence-corrected chi connectivity index (χ3v) is 5.40. The maximum Gasteiger partial charge on any atom is 0.233 e. The van der Waals surface area contributed by atoms with E-state index in [2.05, 4.69) is 56.3 Å². The monoisotopic (exact) mass is 373 g/mol. The minimum Gasteiger partial charge on any atom is -0.335 e. The second-order valence-electron chi connectivity index (χ2n) is 7.46. The number of benzene rings is 1. The van der Waals surface area contributed by atoms with Crippen LogP contribution in [-0.2, 0) is 17.9 Å². The number of imidazole rings is 1. The van der Waals surface area contributed by atoms with Gasteiger partial charge in [0.25, 0.3) is 0 Å². The van der Waals surface area contributed by atoms with E-state index in [-0.39, 0.29) is 11.9 Å². The Hall–Kier alpha value is -1.75. The van der Waals surface area contributed by atoms with E-state index >= 15 is 0 Å². The topological polar surface area (TPSA) is 38.1 Å². The molecule has 2 rings (SSSR count). The molecule has 0 saturated heterocycles. The molecule has 1 heterocycles. The largest absolute Gasteiger partial charge is 0.335 e. The third kappa shape index (κ3) is 5.37. The molecule has 26 heavy (non-hydrogen) atoms. The molecular formula is C21H31N3OS. The smallest absolute Gasteiger partial charge is 0.233 e. The molecule has 0 aliphatic heterocycles. The van der Waals surface area contributed by atoms with Crippen molar-refractivity contribution >= 4 is 17.7 Å². The van der Waals surface area contributed by atoms with E-state index in [0.29, 0.717) is 18.2 Å². The maximum atomic E-state index is 12.9. The van der Waals surface area contributed by atoms with Gasteiger partial charge in [0, 0.05) is 24.8 Å². The van der Waals surface area contributed by atoms with E-state index in [4.69, 9.17) is 0 Å². The summed E-state index contributed by atoms with van der Waals surface area (Å²) < 4.78 is 2.24. The number of hydrogen-bond acceptors (Lipinski definition) is 3. The molecule has 0 radical (unpaired) electrons. The van der Waals surface area contributed by atoms with Crippen molar-refractivity contribution in [2.45, 2.75) is 65.8 Å². The van der Waals surface area contributed by atoms with Gasteiger partial charge in [0.1, 0.15) is 0 Å². The predicted molar refractivity (Wildman–Crippen MR) is 109 cm³/mol. The summed E-state index contributed by atoms with van der Waals surface area (Å²) in [6.45, 7) is 14.3. The Balaban J connectivity index is 2.07. The molecule has 1 amide bonds. The minimum absolute atomic E-state index is 0.156.